The van der Waals surface area contributed by atoms with Crippen LogP contribution in [0.2, 0.25) is 0 Å². The fraction of sp³-hybridized carbons (Fsp3) is 0.250. The molecule has 0 unspecified atom stereocenters. The second kappa shape index (κ2) is 7.94. The second-order valence-electron chi connectivity index (χ2n) is 4.68. The van der Waals surface area contributed by atoms with Crippen molar-refractivity contribution in [1.82, 2.24) is 4.90 Å². The molecular formula is C16H19NO3. The number of carbonyl (C=O) groups is 2. The van der Waals surface area contributed by atoms with E-state index in [1.54, 1.807) is 24.2 Å². The van der Waals surface area contributed by atoms with Gasteiger partial charge in [0.25, 0.3) is 0 Å². The molecule has 0 aliphatic heterocycles. The van der Waals surface area contributed by atoms with Gasteiger partial charge in [-0.2, -0.15) is 0 Å². The Morgan fingerprint density at radius 3 is 2.50 bits per heavy atom. The Bertz CT molecular complexity index is 518. The van der Waals surface area contributed by atoms with Crippen molar-refractivity contribution in [2.45, 2.75) is 13.3 Å². The van der Waals surface area contributed by atoms with Crippen molar-refractivity contribution in [3.8, 4) is 0 Å². The van der Waals surface area contributed by atoms with Crippen molar-refractivity contribution in [2.75, 3.05) is 13.6 Å². The molecule has 0 saturated heterocycles. The lowest BCUT2D eigenvalue weighted by Gasteiger charge is -2.11. The molecule has 0 heterocycles. The van der Waals surface area contributed by atoms with Gasteiger partial charge in [-0.05, 0) is 23.6 Å². The van der Waals surface area contributed by atoms with E-state index in [-0.39, 0.29) is 6.54 Å². The van der Waals surface area contributed by atoms with Crippen LogP contribution >= 0.6 is 0 Å². The van der Waals surface area contributed by atoms with Gasteiger partial charge >= 0.3 is 5.97 Å². The van der Waals surface area contributed by atoms with Gasteiger partial charge in [0, 0.05) is 19.7 Å². The number of carboxylic acid groups (broad SMARTS) is 1. The summed E-state index contributed by atoms with van der Waals surface area (Å²) in [6.45, 7) is 1.77. The molecule has 0 atom stereocenters. The molecule has 0 aliphatic rings. The lowest BCUT2D eigenvalue weighted by atomic mass is 10.0. The molecule has 4 nitrogen and oxygen atoms in total. The predicted octanol–water partition coefficient (Wildman–Crippen LogP) is 2.27. The third-order valence-electron chi connectivity index (χ3n) is 2.62. The Labute approximate surface area is 119 Å². The molecule has 1 rings (SSSR count). The van der Waals surface area contributed by atoms with Crippen LogP contribution in [-0.4, -0.2) is 35.9 Å². The van der Waals surface area contributed by atoms with Gasteiger partial charge in [-0.1, -0.05) is 36.4 Å². The largest absolute Gasteiger partial charge is 0.480 e. The highest BCUT2D eigenvalue weighted by molar-refractivity contribution is 5.75. The minimum atomic E-state index is -0.888. The molecule has 1 aromatic carbocycles. The lowest BCUT2D eigenvalue weighted by molar-refractivity contribution is -0.137. The Morgan fingerprint density at radius 1 is 1.30 bits per heavy atom. The number of aliphatic carboxylic acids is 1. The normalized spacial score (nSPS) is 12.1. The Morgan fingerprint density at radius 2 is 1.95 bits per heavy atom. The van der Waals surface area contributed by atoms with Crippen molar-refractivity contribution in [2.24, 2.45) is 0 Å². The topological polar surface area (TPSA) is 57.6 Å². The van der Waals surface area contributed by atoms with E-state index in [4.69, 9.17) is 5.11 Å². The maximum absolute atomic E-state index is 11.1. The summed E-state index contributed by atoms with van der Waals surface area (Å²) in [5.41, 5.74) is 2.57. The first kappa shape index (κ1) is 15.7. The van der Waals surface area contributed by atoms with Crippen LogP contribution in [0.1, 0.15) is 12.5 Å². The predicted molar refractivity (Wildman–Crippen MR) is 78.3 cm³/mol. The molecule has 1 N–H and O–H groups in total. The molecule has 0 aromatic heterocycles. The van der Waals surface area contributed by atoms with Crippen molar-refractivity contribution in [3.63, 3.8) is 0 Å². The van der Waals surface area contributed by atoms with E-state index in [1.165, 1.54) is 0 Å². The molecule has 0 bridgehead atoms. The number of nitrogens with zero attached hydrogens (tertiary/aromatic N) is 1. The third kappa shape index (κ3) is 6.00. The first-order valence-electron chi connectivity index (χ1n) is 6.31. The molecule has 0 amide bonds. The van der Waals surface area contributed by atoms with Crippen LogP contribution in [-0.2, 0) is 16.0 Å². The number of hydrogen-bond acceptors (Lipinski definition) is 3. The standard InChI is InChI=1S/C16H19NO3/c1-13(10-17(2)11-16(19)20)8-15(12-18)9-14-6-4-3-5-7-14/h3-8,10,12H,9,11H2,1-2H3,(H,19,20)/b13-10-,15-8-. The first-order chi connectivity index (χ1) is 9.51. The summed E-state index contributed by atoms with van der Waals surface area (Å²) >= 11 is 0. The van der Waals surface area contributed by atoms with Crippen LogP contribution in [0.25, 0.3) is 0 Å². The van der Waals surface area contributed by atoms with Crippen LogP contribution in [0.5, 0.6) is 0 Å². The average molecular weight is 273 g/mol. The number of benzene rings is 1. The van der Waals surface area contributed by atoms with E-state index in [0.717, 1.165) is 17.4 Å². The number of carbonyl (C=O) groups excluding carboxylic acids is 1. The fourth-order valence-corrected chi connectivity index (χ4v) is 1.89. The van der Waals surface area contributed by atoms with Gasteiger partial charge in [-0.25, -0.2) is 0 Å². The highest BCUT2D eigenvalue weighted by Crippen LogP contribution is 2.09. The highest BCUT2D eigenvalue weighted by atomic mass is 16.4. The van der Waals surface area contributed by atoms with E-state index in [1.807, 2.05) is 37.3 Å². The Hall–Kier alpha value is -2.36. The molecule has 1 aromatic rings. The van der Waals surface area contributed by atoms with Gasteiger partial charge in [-0.3, -0.25) is 9.59 Å². The van der Waals surface area contributed by atoms with Gasteiger partial charge in [0.1, 0.15) is 12.8 Å². The second-order valence-corrected chi connectivity index (χ2v) is 4.68. The van der Waals surface area contributed by atoms with Crippen molar-refractivity contribution in [3.05, 3.63) is 59.3 Å². The summed E-state index contributed by atoms with van der Waals surface area (Å²) in [6, 6.07) is 9.72. The molecule has 106 valence electrons. The minimum absolute atomic E-state index is 0.0692. The number of carboxylic acids is 1. The molecule has 0 radical (unpaired) electrons. The minimum Gasteiger partial charge on any atom is -0.480 e. The summed E-state index contributed by atoms with van der Waals surface area (Å²) in [6.07, 6.45) is 4.89. The summed E-state index contributed by atoms with van der Waals surface area (Å²) in [7, 11) is 1.68. The maximum Gasteiger partial charge on any atom is 0.323 e. The zero-order chi connectivity index (χ0) is 15.0. The average Bonchev–Trinajstić information content (AvgIpc) is 2.37. The first-order valence-corrected chi connectivity index (χ1v) is 6.31. The Balaban J connectivity index is 2.75. The number of allylic oxidation sites excluding steroid dienone is 3. The van der Waals surface area contributed by atoms with E-state index in [9.17, 15) is 9.59 Å². The molecule has 0 aliphatic carbocycles. The van der Waals surface area contributed by atoms with Gasteiger partial charge in [0.15, 0.2) is 0 Å². The lowest BCUT2D eigenvalue weighted by Crippen LogP contribution is -2.20. The maximum atomic E-state index is 11.1. The van der Waals surface area contributed by atoms with Crippen LogP contribution in [0, 0.1) is 0 Å². The van der Waals surface area contributed by atoms with Crippen LogP contribution in [0.4, 0.5) is 0 Å². The van der Waals surface area contributed by atoms with Gasteiger partial charge in [-0.15, -0.1) is 0 Å². The monoisotopic (exact) mass is 273 g/mol. The molecule has 4 heteroatoms. The van der Waals surface area contributed by atoms with Crippen LogP contribution < -0.4 is 0 Å². The fourth-order valence-electron chi connectivity index (χ4n) is 1.89. The highest BCUT2D eigenvalue weighted by Gasteiger charge is 2.01. The smallest absolute Gasteiger partial charge is 0.323 e. The van der Waals surface area contributed by atoms with Gasteiger partial charge in [0.2, 0.25) is 0 Å². The third-order valence-corrected chi connectivity index (χ3v) is 2.62. The van der Waals surface area contributed by atoms with Gasteiger partial charge < -0.3 is 10.0 Å². The summed E-state index contributed by atoms with van der Waals surface area (Å²) in [4.78, 5) is 23.2. The molecule has 0 spiro atoms. The quantitative estimate of drug-likeness (QED) is 0.470. The van der Waals surface area contributed by atoms with E-state index in [2.05, 4.69) is 0 Å². The Kier molecular flexibility index (Phi) is 6.23. The SMILES string of the molecule is CC(=C/N(C)CC(=O)O)/C=C(\C=O)Cc1ccccc1. The van der Waals surface area contributed by atoms with Crippen molar-refractivity contribution < 1.29 is 14.7 Å². The van der Waals surface area contributed by atoms with E-state index >= 15 is 0 Å². The number of rotatable bonds is 7. The van der Waals surface area contributed by atoms with Crippen LogP contribution in [0.15, 0.2) is 53.8 Å². The summed E-state index contributed by atoms with van der Waals surface area (Å²) in [5.74, 6) is -0.888. The molecule has 0 fully saturated rings. The van der Waals surface area contributed by atoms with Crippen molar-refractivity contribution in [1.29, 1.82) is 0 Å². The van der Waals surface area contributed by atoms with Gasteiger partial charge in [0.05, 0.1) is 0 Å². The number of likely N-dealkylation sites (N-methyl/N-ethyl adjacent to an activating group) is 1. The molecule has 0 saturated carbocycles. The van der Waals surface area contributed by atoms with Crippen molar-refractivity contribution >= 4 is 12.3 Å². The zero-order valence-electron chi connectivity index (χ0n) is 11.7. The van der Waals surface area contributed by atoms with E-state index in [0.29, 0.717) is 12.0 Å². The number of hydrogen-bond donors (Lipinski definition) is 1. The van der Waals surface area contributed by atoms with E-state index < -0.39 is 5.97 Å². The zero-order valence-corrected chi connectivity index (χ0v) is 11.7. The molecule has 20 heavy (non-hydrogen) atoms. The summed E-state index contributed by atoms with van der Waals surface area (Å²) < 4.78 is 0. The van der Waals surface area contributed by atoms with Crippen LogP contribution in [0.3, 0.4) is 0 Å². The molecular weight excluding hydrogens is 254 g/mol. The summed E-state index contributed by atoms with van der Waals surface area (Å²) in [5, 5.41) is 8.68. The number of aldehydes is 1.